The predicted octanol–water partition coefficient (Wildman–Crippen LogP) is 3.28. The zero-order valence-electron chi connectivity index (χ0n) is 15.6. The van der Waals surface area contributed by atoms with E-state index in [9.17, 15) is 0 Å². The van der Waals surface area contributed by atoms with Crippen LogP contribution in [0, 0.1) is 13.8 Å². The Morgan fingerprint density at radius 1 is 1.21 bits per heavy atom. The number of oxime groups is 1. The molecule has 0 atom stereocenters. The monoisotopic (exact) mass is 335 g/mol. The molecule has 1 aromatic rings. The van der Waals surface area contributed by atoms with Crippen LogP contribution in [-0.2, 0) is 14.3 Å². The smallest absolute Gasteiger partial charge is 0.216 e. The number of benzene rings is 1. The van der Waals surface area contributed by atoms with Crippen molar-refractivity contribution in [3.8, 4) is 0 Å². The summed E-state index contributed by atoms with van der Waals surface area (Å²) in [5.41, 5.74) is 5.03. The zero-order valence-corrected chi connectivity index (χ0v) is 15.6. The van der Waals surface area contributed by atoms with Crippen molar-refractivity contribution < 1.29 is 14.3 Å². The van der Waals surface area contributed by atoms with Crippen molar-refractivity contribution >= 4 is 17.7 Å². The van der Waals surface area contributed by atoms with Crippen molar-refractivity contribution in [3.05, 3.63) is 28.8 Å². The maximum absolute atomic E-state index is 5.22. The van der Waals surface area contributed by atoms with Crippen molar-refractivity contribution in [1.29, 1.82) is 0 Å². The lowest BCUT2D eigenvalue weighted by atomic mass is 10.0. The molecule has 0 saturated carbocycles. The van der Waals surface area contributed by atoms with Crippen LogP contribution in [0.3, 0.4) is 0 Å². The molecule has 0 heterocycles. The van der Waals surface area contributed by atoms with Gasteiger partial charge in [-0.2, -0.15) is 0 Å². The van der Waals surface area contributed by atoms with Crippen LogP contribution in [0.25, 0.3) is 0 Å². The van der Waals surface area contributed by atoms with E-state index in [-0.39, 0.29) is 6.79 Å². The minimum absolute atomic E-state index is 0.116. The normalized spacial score (nSPS) is 12.0. The van der Waals surface area contributed by atoms with Crippen LogP contribution in [0.2, 0.25) is 0 Å². The quantitative estimate of drug-likeness (QED) is 0.216. The third kappa shape index (κ3) is 6.68. The largest absolute Gasteiger partial charge is 0.382 e. The van der Waals surface area contributed by atoms with Gasteiger partial charge in [0.2, 0.25) is 6.79 Å². The molecule has 1 rings (SSSR count). The molecular formula is C18H29N3O3. The van der Waals surface area contributed by atoms with Crippen molar-refractivity contribution in [3.63, 3.8) is 0 Å². The number of aliphatic imine (C=N–C) groups is 1. The van der Waals surface area contributed by atoms with Gasteiger partial charge >= 0.3 is 0 Å². The fourth-order valence-electron chi connectivity index (χ4n) is 1.98. The van der Waals surface area contributed by atoms with E-state index >= 15 is 0 Å². The van der Waals surface area contributed by atoms with Crippen LogP contribution in [0.15, 0.2) is 22.3 Å². The molecule has 0 aromatic heterocycles. The molecule has 0 amide bonds. The van der Waals surface area contributed by atoms with E-state index in [1.807, 2.05) is 39.1 Å². The Balaban J connectivity index is 2.74. The Morgan fingerprint density at radius 3 is 2.62 bits per heavy atom. The summed E-state index contributed by atoms with van der Waals surface area (Å²) in [7, 11) is 3.63. The molecule has 1 aromatic carbocycles. The van der Waals surface area contributed by atoms with E-state index in [2.05, 4.69) is 29.2 Å². The molecule has 0 aliphatic carbocycles. The first-order chi connectivity index (χ1) is 11.5. The van der Waals surface area contributed by atoms with E-state index in [0.717, 1.165) is 34.6 Å². The van der Waals surface area contributed by atoms with Gasteiger partial charge in [-0.15, -0.1) is 0 Å². The summed E-state index contributed by atoms with van der Waals surface area (Å²) < 4.78 is 10.1. The summed E-state index contributed by atoms with van der Waals surface area (Å²) in [5.74, 6) is 0. The van der Waals surface area contributed by atoms with Gasteiger partial charge in [0.25, 0.3) is 0 Å². The number of nitrogens with zero attached hydrogens (tertiary/aromatic N) is 3. The highest BCUT2D eigenvalue weighted by molar-refractivity contribution is 6.00. The molecule has 0 fully saturated rings. The standard InChI is InChI=1S/C18H29N3O3/c1-7-21(5)12-19-18-11-14(2)17(10-15(18)3)16(4)20-24-13-23-9-8-22-6/h10-12H,7-9,13H2,1-6H3/b19-12-,20-16+. The number of hydrogen-bond donors (Lipinski definition) is 0. The molecule has 0 bridgehead atoms. The Hall–Kier alpha value is -1.92. The molecule has 24 heavy (non-hydrogen) atoms. The van der Waals surface area contributed by atoms with Gasteiger partial charge in [-0.05, 0) is 51.0 Å². The molecule has 0 saturated heterocycles. The Kier molecular flexibility index (Phi) is 9.04. The zero-order chi connectivity index (χ0) is 17.9. The summed E-state index contributed by atoms with van der Waals surface area (Å²) >= 11 is 0. The maximum Gasteiger partial charge on any atom is 0.216 e. The van der Waals surface area contributed by atoms with Crippen molar-refractivity contribution in [1.82, 2.24) is 4.90 Å². The lowest BCUT2D eigenvalue weighted by Crippen LogP contribution is -2.14. The Morgan fingerprint density at radius 2 is 1.96 bits per heavy atom. The highest BCUT2D eigenvalue weighted by Crippen LogP contribution is 2.23. The van der Waals surface area contributed by atoms with Crippen LogP contribution in [-0.4, -0.2) is 57.7 Å². The average molecular weight is 335 g/mol. The molecule has 0 N–H and O–H groups in total. The summed E-state index contributed by atoms with van der Waals surface area (Å²) in [5, 5.41) is 4.12. The molecule has 6 heteroatoms. The number of aryl methyl sites for hydroxylation is 2. The summed E-state index contributed by atoms with van der Waals surface area (Å²) in [4.78, 5) is 11.8. The predicted molar refractivity (Wildman–Crippen MR) is 98.4 cm³/mol. The average Bonchev–Trinajstić information content (AvgIpc) is 2.57. The SMILES string of the molecule is CCN(C)/C=N\c1cc(C)c(/C(C)=N/OCOCCOC)cc1C. The van der Waals surface area contributed by atoms with Gasteiger partial charge in [0.05, 0.1) is 31.0 Å². The molecule has 0 aliphatic heterocycles. The molecular weight excluding hydrogens is 306 g/mol. The second-order valence-electron chi connectivity index (χ2n) is 5.60. The summed E-state index contributed by atoms with van der Waals surface area (Å²) in [6.45, 7) is 10.2. The minimum Gasteiger partial charge on any atom is -0.382 e. The highest BCUT2D eigenvalue weighted by Gasteiger charge is 2.07. The molecule has 0 aliphatic rings. The highest BCUT2D eigenvalue weighted by atomic mass is 16.7. The second-order valence-corrected chi connectivity index (χ2v) is 5.60. The van der Waals surface area contributed by atoms with Gasteiger partial charge in [0.15, 0.2) is 0 Å². The molecule has 6 nitrogen and oxygen atoms in total. The molecule has 0 unspecified atom stereocenters. The fourth-order valence-corrected chi connectivity index (χ4v) is 1.98. The van der Waals surface area contributed by atoms with Crippen molar-refractivity contribution in [2.24, 2.45) is 10.1 Å². The first kappa shape index (κ1) is 20.1. The van der Waals surface area contributed by atoms with E-state index in [1.54, 1.807) is 7.11 Å². The van der Waals surface area contributed by atoms with Gasteiger partial charge in [-0.3, -0.25) is 0 Å². The molecule has 0 spiro atoms. The molecule has 0 radical (unpaired) electrons. The lowest BCUT2D eigenvalue weighted by Gasteiger charge is -2.11. The minimum atomic E-state index is 0.116. The van der Waals surface area contributed by atoms with Crippen LogP contribution in [0.5, 0.6) is 0 Å². The van der Waals surface area contributed by atoms with Crippen LogP contribution in [0.1, 0.15) is 30.5 Å². The third-order valence-corrected chi connectivity index (χ3v) is 3.59. The van der Waals surface area contributed by atoms with Crippen LogP contribution < -0.4 is 0 Å². The van der Waals surface area contributed by atoms with Crippen LogP contribution in [0.4, 0.5) is 5.69 Å². The van der Waals surface area contributed by atoms with Crippen LogP contribution >= 0.6 is 0 Å². The fraction of sp³-hybridized carbons (Fsp3) is 0.556. The lowest BCUT2D eigenvalue weighted by molar-refractivity contribution is -0.0643. The van der Waals surface area contributed by atoms with E-state index < -0.39 is 0 Å². The second kappa shape index (κ2) is 10.8. The number of hydrogen-bond acceptors (Lipinski definition) is 5. The van der Waals surface area contributed by atoms with Gasteiger partial charge in [0, 0.05) is 26.3 Å². The van der Waals surface area contributed by atoms with E-state index in [0.29, 0.717) is 13.2 Å². The van der Waals surface area contributed by atoms with Crippen molar-refractivity contribution in [2.75, 3.05) is 40.7 Å². The summed E-state index contributed by atoms with van der Waals surface area (Å²) in [6.07, 6.45) is 1.85. The topological polar surface area (TPSA) is 55.7 Å². The number of ether oxygens (including phenoxy) is 2. The number of rotatable bonds is 10. The maximum atomic E-state index is 5.22. The first-order valence-corrected chi connectivity index (χ1v) is 8.08. The van der Waals surface area contributed by atoms with E-state index in [4.69, 9.17) is 14.3 Å². The van der Waals surface area contributed by atoms with Gasteiger partial charge in [0.1, 0.15) is 0 Å². The van der Waals surface area contributed by atoms with E-state index in [1.165, 1.54) is 0 Å². The first-order valence-electron chi connectivity index (χ1n) is 8.08. The van der Waals surface area contributed by atoms with Gasteiger partial charge < -0.3 is 19.2 Å². The Labute approximate surface area is 145 Å². The van der Waals surface area contributed by atoms with Gasteiger partial charge in [-0.25, -0.2) is 4.99 Å². The van der Waals surface area contributed by atoms with Gasteiger partial charge in [-0.1, -0.05) is 5.16 Å². The Bertz CT molecular complexity index is 571. The third-order valence-electron chi connectivity index (χ3n) is 3.59. The summed E-state index contributed by atoms with van der Waals surface area (Å²) in [6, 6.07) is 4.15. The molecule has 134 valence electrons. The van der Waals surface area contributed by atoms with Crippen molar-refractivity contribution in [2.45, 2.75) is 27.7 Å². The number of methoxy groups -OCH3 is 1.